The molecule has 0 bridgehead atoms. The number of nitrogens with zero attached hydrogens (tertiary/aromatic N) is 1. The topological polar surface area (TPSA) is 68.3 Å². The normalized spacial score (nSPS) is 12.1. The highest BCUT2D eigenvalue weighted by Gasteiger charge is 2.16. The van der Waals surface area contributed by atoms with Gasteiger partial charge in [0, 0.05) is 18.0 Å². The summed E-state index contributed by atoms with van der Waals surface area (Å²) >= 11 is 0. The second-order valence-corrected chi connectivity index (χ2v) is 6.15. The first-order valence-electron chi connectivity index (χ1n) is 8.45. The van der Waals surface area contributed by atoms with Crippen molar-refractivity contribution in [2.45, 2.75) is 39.2 Å². The standard InChI is InChI=1S/C20H22N2O3/c1-14(10-11-17-9-6-12-24-17)21-19(23)13-18-15(2)25-20(22-18)16-7-4-3-5-8-16/h3-9,12,14H,10-11,13H2,1-2H3,(H,21,23)/t14-/m0/s1. The number of hydrogen-bond acceptors (Lipinski definition) is 4. The second kappa shape index (κ2) is 7.83. The molecule has 0 saturated heterocycles. The zero-order valence-electron chi connectivity index (χ0n) is 14.5. The number of benzene rings is 1. The van der Waals surface area contributed by atoms with E-state index in [9.17, 15) is 4.79 Å². The SMILES string of the molecule is Cc1oc(-c2ccccc2)nc1CC(=O)N[C@@H](C)CCc1ccco1. The Bertz CT molecular complexity index is 807. The molecule has 0 aliphatic rings. The maximum absolute atomic E-state index is 12.3. The number of carbonyl (C=O) groups is 1. The predicted octanol–water partition coefficient (Wildman–Crippen LogP) is 3.92. The van der Waals surface area contributed by atoms with Crippen molar-refractivity contribution >= 4 is 5.91 Å². The number of oxazole rings is 1. The minimum atomic E-state index is -0.0528. The van der Waals surface area contributed by atoms with Gasteiger partial charge in [-0.15, -0.1) is 0 Å². The molecule has 1 aromatic carbocycles. The zero-order valence-corrected chi connectivity index (χ0v) is 14.5. The maximum atomic E-state index is 12.3. The minimum Gasteiger partial charge on any atom is -0.469 e. The first-order chi connectivity index (χ1) is 12.1. The Hall–Kier alpha value is -2.82. The summed E-state index contributed by atoms with van der Waals surface area (Å²) in [6.07, 6.45) is 3.51. The summed E-state index contributed by atoms with van der Waals surface area (Å²) in [7, 11) is 0. The Labute approximate surface area is 147 Å². The molecule has 0 aliphatic heterocycles. The van der Waals surface area contributed by atoms with Crippen LogP contribution in [0.1, 0.15) is 30.6 Å². The van der Waals surface area contributed by atoms with E-state index in [2.05, 4.69) is 10.3 Å². The number of hydrogen-bond donors (Lipinski definition) is 1. The third-order valence-corrected chi connectivity index (χ3v) is 4.05. The number of furan rings is 1. The van der Waals surface area contributed by atoms with Crippen LogP contribution in [0.4, 0.5) is 0 Å². The van der Waals surface area contributed by atoms with Crippen molar-refractivity contribution in [1.82, 2.24) is 10.3 Å². The van der Waals surface area contributed by atoms with Gasteiger partial charge in [-0.2, -0.15) is 0 Å². The van der Waals surface area contributed by atoms with Gasteiger partial charge < -0.3 is 14.2 Å². The highest BCUT2D eigenvalue weighted by atomic mass is 16.4. The third kappa shape index (κ3) is 4.59. The number of amides is 1. The van der Waals surface area contributed by atoms with E-state index in [-0.39, 0.29) is 18.4 Å². The summed E-state index contributed by atoms with van der Waals surface area (Å²) in [6, 6.07) is 13.6. The molecule has 2 heterocycles. The number of rotatable bonds is 7. The molecule has 0 aliphatic carbocycles. The molecule has 25 heavy (non-hydrogen) atoms. The van der Waals surface area contributed by atoms with E-state index in [0.717, 1.165) is 24.2 Å². The van der Waals surface area contributed by atoms with Crippen molar-refractivity contribution in [2.24, 2.45) is 0 Å². The van der Waals surface area contributed by atoms with Crippen molar-refractivity contribution < 1.29 is 13.6 Å². The molecule has 130 valence electrons. The van der Waals surface area contributed by atoms with Crippen LogP contribution in [0.2, 0.25) is 0 Å². The Morgan fingerprint density at radius 3 is 2.72 bits per heavy atom. The molecule has 1 N–H and O–H groups in total. The lowest BCUT2D eigenvalue weighted by Gasteiger charge is -2.12. The summed E-state index contributed by atoms with van der Waals surface area (Å²) in [6.45, 7) is 3.83. The first-order valence-corrected chi connectivity index (χ1v) is 8.45. The smallest absolute Gasteiger partial charge is 0.226 e. The lowest BCUT2D eigenvalue weighted by Crippen LogP contribution is -2.34. The van der Waals surface area contributed by atoms with Crippen LogP contribution >= 0.6 is 0 Å². The van der Waals surface area contributed by atoms with Crippen LogP contribution in [0.3, 0.4) is 0 Å². The summed E-state index contributed by atoms with van der Waals surface area (Å²) < 4.78 is 11.0. The lowest BCUT2D eigenvalue weighted by atomic mass is 10.1. The van der Waals surface area contributed by atoms with E-state index in [1.807, 2.05) is 56.3 Å². The van der Waals surface area contributed by atoms with Crippen molar-refractivity contribution in [2.75, 3.05) is 0 Å². The highest BCUT2D eigenvalue weighted by Crippen LogP contribution is 2.21. The highest BCUT2D eigenvalue weighted by molar-refractivity contribution is 5.78. The van der Waals surface area contributed by atoms with Gasteiger partial charge in [-0.25, -0.2) is 4.98 Å². The number of carbonyl (C=O) groups excluding carboxylic acids is 1. The van der Waals surface area contributed by atoms with Crippen molar-refractivity contribution in [3.8, 4) is 11.5 Å². The number of aromatic nitrogens is 1. The molecule has 0 fully saturated rings. The van der Waals surface area contributed by atoms with Gasteiger partial charge in [-0.05, 0) is 44.5 Å². The fraction of sp³-hybridized carbons (Fsp3) is 0.300. The van der Waals surface area contributed by atoms with Gasteiger partial charge in [0.05, 0.1) is 18.4 Å². The fourth-order valence-corrected chi connectivity index (χ4v) is 2.66. The zero-order chi connectivity index (χ0) is 17.6. The predicted molar refractivity (Wildman–Crippen MR) is 95.0 cm³/mol. The van der Waals surface area contributed by atoms with E-state index in [0.29, 0.717) is 17.3 Å². The van der Waals surface area contributed by atoms with Crippen LogP contribution in [0.15, 0.2) is 57.6 Å². The summed E-state index contributed by atoms with van der Waals surface area (Å²) in [5.41, 5.74) is 1.58. The largest absolute Gasteiger partial charge is 0.469 e. The van der Waals surface area contributed by atoms with E-state index in [1.165, 1.54) is 0 Å². The molecular weight excluding hydrogens is 316 g/mol. The summed E-state index contributed by atoms with van der Waals surface area (Å²) in [5.74, 6) is 2.10. The van der Waals surface area contributed by atoms with Crippen molar-refractivity contribution in [3.63, 3.8) is 0 Å². The molecule has 2 aromatic heterocycles. The van der Waals surface area contributed by atoms with Gasteiger partial charge >= 0.3 is 0 Å². The van der Waals surface area contributed by atoms with E-state index < -0.39 is 0 Å². The molecule has 0 spiro atoms. The average molecular weight is 338 g/mol. The summed E-state index contributed by atoms with van der Waals surface area (Å²) in [5, 5.41) is 3.00. The Morgan fingerprint density at radius 1 is 1.20 bits per heavy atom. The fourth-order valence-electron chi connectivity index (χ4n) is 2.66. The molecule has 5 nitrogen and oxygen atoms in total. The van der Waals surface area contributed by atoms with E-state index in [1.54, 1.807) is 6.26 Å². The van der Waals surface area contributed by atoms with Crippen LogP contribution in [0.5, 0.6) is 0 Å². The molecule has 1 atom stereocenters. The second-order valence-electron chi connectivity index (χ2n) is 6.15. The van der Waals surface area contributed by atoms with E-state index in [4.69, 9.17) is 8.83 Å². The van der Waals surface area contributed by atoms with Gasteiger partial charge in [0.25, 0.3) is 0 Å². The third-order valence-electron chi connectivity index (χ3n) is 4.05. The van der Waals surface area contributed by atoms with Crippen LogP contribution < -0.4 is 5.32 Å². The number of nitrogens with one attached hydrogen (secondary N) is 1. The lowest BCUT2D eigenvalue weighted by molar-refractivity contribution is -0.121. The van der Waals surface area contributed by atoms with Crippen molar-refractivity contribution in [3.05, 3.63) is 65.9 Å². The molecule has 0 unspecified atom stereocenters. The monoisotopic (exact) mass is 338 g/mol. The van der Waals surface area contributed by atoms with Crippen molar-refractivity contribution in [1.29, 1.82) is 0 Å². The van der Waals surface area contributed by atoms with Gasteiger partial charge in [0.15, 0.2) is 0 Å². The van der Waals surface area contributed by atoms with Crippen LogP contribution in [-0.2, 0) is 17.6 Å². The molecule has 3 rings (SSSR count). The molecule has 1 amide bonds. The van der Waals surface area contributed by atoms with Crippen LogP contribution in [0, 0.1) is 6.92 Å². The van der Waals surface area contributed by atoms with Gasteiger partial charge in [0.1, 0.15) is 11.5 Å². The van der Waals surface area contributed by atoms with Gasteiger partial charge in [0.2, 0.25) is 11.8 Å². The molecular formula is C20H22N2O3. The summed E-state index contributed by atoms with van der Waals surface area (Å²) in [4.78, 5) is 16.7. The van der Waals surface area contributed by atoms with Gasteiger partial charge in [-0.1, -0.05) is 18.2 Å². The molecule has 5 heteroatoms. The first kappa shape index (κ1) is 17.0. The van der Waals surface area contributed by atoms with Gasteiger partial charge in [-0.3, -0.25) is 4.79 Å². The molecule has 0 radical (unpaired) electrons. The van der Waals surface area contributed by atoms with Crippen LogP contribution in [-0.4, -0.2) is 16.9 Å². The molecule has 3 aromatic rings. The Kier molecular flexibility index (Phi) is 5.33. The minimum absolute atomic E-state index is 0.0528. The Morgan fingerprint density at radius 2 is 2.00 bits per heavy atom. The molecule has 0 saturated carbocycles. The van der Waals surface area contributed by atoms with E-state index >= 15 is 0 Å². The van der Waals surface area contributed by atoms with Crippen LogP contribution in [0.25, 0.3) is 11.5 Å². The maximum Gasteiger partial charge on any atom is 0.226 e. The number of aryl methyl sites for hydroxylation is 2. The average Bonchev–Trinajstić information content (AvgIpc) is 3.24. The Balaban J connectivity index is 1.55. The quantitative estimate of drug-likeness (QED) is 0.709.